The highest BCUT2D eigenvalue weighted by Crippen LogP contribution is 2.24. The fourth-order valence-corrected chi connectivity index (χ4v) is 1.91. The number of oxazole rings is 1. The maximum Gasteiger partial charge on any atom is 0.417 e. The standard InChI is InChI=1S/C12H14N2O4/c1-6(4-10(15)16)11(13)7-2-3-9-8(5-7)14-12(17)18-9/h2-3,5-6,11H,4,13H2,1H3,(H,14,17)(H,15,16). The number of H-pyrrole nitrogens is 1. The average Bonchev–Trinajstić information content (AvgIpc) is 2.65. The molecule has 6 nitrogen and oxygen atoms in total. The number of carbonyl (C=O) groups is 1. The van der Waals surface area contributed by atoms with Gasteiger partial charge in [-0.1, -0.05) is 13.0 Å². The highest BCUT2D eigenvalue weighted by Gasteiger charge is 2.18. The number of nitrogens with two attached hydrogens (primary N) is 1. The van der Waals surface area contributed by atoms with Gasteiger partial charge < -0.3 is 15.3 Å². The second kappa shape index (κ2) is 4.66. The van der Waals surface area contributed by atoms with Gasteiger partial charge in [0.25, 0.3) is 0 Å². The van der Waals surface area contributed by atoms with E-state index in [1.54, 1.807) is 25.1 Å². The fraction of sp³-hybridized carbons (Fsp3) is 0.333. The molecule has 0 aliphatic rings. The molecule has 2 atom stereocenters. The quantitative estimate of drug-likeness (QED) is 0.756. The van der Waals surface area contributed by atoms with Crippen LogP contribution in [0.1, 0.15) is 24.9 Å². The van der Waals surface area contributed by atoms with E-state index in [-0.39, 0.29) is 12.3 Å². The monoisotopic (exact) mass is 250 g/mol. The first kappa shape index (κ1) is 12.4. The van der Waals surface area contributed by atoms with Crippen molar-refractivity contribution in [3.8, 4) is 0 Å². The van der Waals surface area contributed by atoms with Crippen LogP contribution in [0.25, 0.3) is 11.1 Å². The van der Waals surface area contributed by atoms with Gasteiger partial charge in [-0.3, -0.25) is 9.78 Å². The van der Waals surface area contributed by atoms with Gasteiger partial charge in [0.1, 0.15) is 0 Å². The van der Waals surface area contributed by atoms with Gasteiger partial charge in [0, 0.05) is 12.5 Å². The topological polar surface area (TPSA) is 109 Å². The predicted molar refractivity (Wildman–Crippen MR) is 65.2 cm³/mol. The molecule has 96 valence electrons. The number of aromatic nitrogens is 1. The fourth-order valence-electron chi connectivity index (χ4n) is 1.91. The zero-order valence-corrected chi connectivity index (χ0v) is 9.84. The molecule has 0 radical (unpaired) electrons. The molecule has 2 rings (SSSR count). The van der Waals surface area contributed by atoms with E-state index in [2.05, 4.69) is 4.98 Å². The maximum atomic E-state index is 11.0. The number of benzene rings is 1. The molecule has 1 aromatic carbocycles. The van der Waals surface area contributed by atoms with Crippen molar-refractivity contribution in [1.29, 1.82) is 0 Å². The summed E-state index contributed by atoms with van der Waals surface area (Å²) in [7, 11) is 0. The van der Waals surface area contributed by atoms with Crippen molar-refractivity contribution in [2.45, 2.75) is 19.4 Å². The number of carboxylic acid groups (broad SMARTS) is 1. The number of hydrogen-bond acceptors (Lipinski definition) is 4. The van der Waals surface area contributed by atoms with Crippen molar-refractivity contribution >= 4 is 17.1 Å². The molecule has 0 spiro atoms. The van der Waals surface area contributed by atoms with E-state index < -0.39 is 17.8 Å². The molecule has 1 heterocycles. The van der Waals surface area contributed by atoms with E-state index in [4.69, 9.17) is 15.3 Å². The smallest absolute Gasteiger partial charge is 0.417 e. The highest BCUT2D eigenvalue weighted by molar-refractivity contribution is 5.73. The summed E-state index contributed by atoms with van der Waals surface area (Å²) in [4.78, 5) is 24.2. The maximum absolute atomic E-state index is 11.0. The van der Waals surface area contributed by atoms with Gasteiger partial charge in [-0.05, 0) is 23.6 Å². The first-order valence-corrected chi connectivity index (χ1v) is 5.57. The molecule has 0 amide bonds. The molecule has 0 aliphatic carbocycles. The summed E-state index contributed by atoms with van der Waals surface area (Å²) in [5, 5.41) is 8.74. The zero-order valence-electron chi connectivity index (χ0n) is 9.84. The van der Waals surface area contributed by atoms with Crippen molar-refractivity contribution < 1.29 is 14.3 Å². The third-order valence-corrected chi connectivity index (χ3v) is 2.94. The molecular weight excluding hydrogens is 236 g/mol. The van der Waals surface area contributed by atoms with Gasteiger partial charge in [-0.2, -0.15) is 0 Å². The Hall–Kier alpha value is -2.08. The molecule has 18 heavy (non-hydrogen) atoms. The second-order valence-corrected chi connectivity index (χ2v) is 4.37. The largest absolute Gasteiger partial charge is 0.481 e. The lowest BCUT2D eigenvalue weighted by Gasteiger charge is -2.18. The van der Waals surface area contributed by atoms with Crippen LogP contribution in [-0.4, -0.2) is 16.1 Å². The molecular formula is C12H14N2O4. The van der Waals surface area contributed by atoms with E-state index >= 15 is 0 Å². The Bertz CT molecular complexity index is 628. The van der Waals surface area contributed by atoms with Crippen molar-refractivity contribution in [3.63, 3.8) is 0 Å². The van der Waals surface area contributed by atoms with E-state index in [1.807, 2.05) is 0 Å². The van der Waals surface area contributed by atoms with Gasteiger partial charge in [0.2, 0.25) is 0 Å². The Morgan fingerprint density at radius 1 is 1.56 bits per heavy atom. The van der Waals surface area contributed by atoms with Gasteiger partial charge in [-0.15, -0.1) is 0 Å². The van der Waals surface area contributed by atoms with Crippen LogP contribution >= 0.6 is 0 Å². The van der Waals surface area contributed by atoms with Crippen LogP contribution in [0.3, 0.4) is 0 Å². The van der Waals surface area contributed by atoms with Crippen molar-refractivity contribution in [2.24, 2.45) is 11.7 Å². The molecule has 2 unspecified atom stereocenters. The number of carboxylic acids is 1. The molecule has 0 aliphatic heterocycles. The average molecular weight is 250 g/mol. The van der Waals surface area contributed by atoms with Crippen LogP contribution in [0.5, 0.6) is 0 Å². The summed E-state index contributed by atoms with van der Waals surface area (Å²) >= 11 is 0. The van der Waals surface area contributed by atoms with Gasteiger partial charge in [0.05, 0.1) is 5.52 Å². The first-order valence-electron chi connectivity index (χ1n) is 5.57. The number of aliphatic carboxylic acids is 1. The Labute approximate surface area is 102 Å². The molecule has 4 N–H and O–H groups in total. The number of fused-ring (bicyclic) bond motifs is 1. The molecule has 2 aromatic rings. The SMILES string of the molecule is CC(CC(=O)O)C(N)c1ccc2oc(=O)[nH]c2c1. The van der Waals surface area contributed by atoms with Crippen molar-refractivity contribution in [3.05, 3.63) is 34.3 Å². The van der Waals surface area contributed by atoms with Gasteiger partial charge in [0.15, 0.2) is 5.58 Å². The minimum absolute atomic E-state index is 0.00110. The summed E-state index contributed by atoms with van der Waals surface area (Å²) in [6, 6.07) is 4.70. The lowest BCUT2D eigenvalue weighted by molar-refractivity contribution is -0.138. The summed E-state index contributed by atoms with van der Waals surface area (Å²) in [5.41, 5.74) is 7.80. The van der Waals surface area contributed by atoms with Crippen molar-refractivity contribution in [2.75, 3.05) is 0 Å². The van der Waals surface area contributed by atoms with Crippen molar-refractivity contribution in [1.82, 2.24) is 4.98 Å². The number of hydrogen-bond donors (Lipinski definition) is 3. The summed E-state index contributed by atoms with van der Waals surface area (Å²) < 4.78 is 4.88. The highest BCUT2D eigenvalue weighted by atomic mass is 16.4. The Morgan fingerprint density at radius 3 is 2.94 bits per heavy atom. The number of rotatable bonds is 4. The number of nitrogens with one attached hydrogen (secondary N) is 1. The minimum atomic E-state index is -0.879. The molecule has 1 aromatic heterocycles. The van der Waals surface area contributed by atoms with E-state index in [9.17, 15) is 9.59 Å². The van der Waals surface area contributed by atoms with Crippen LogP contribution in [0.2, 0.25) is 0 Å². The predicted octanol–water partition coefficient (Wildman–Crippen LogP) is 1.23. The molecule has 0 bridgehead atoms. The summed E-state index contributed by atoms with van der Waals surface area (Å²) in [6.45, 7) is 1.78. The van der Waals surface area contributed by atoms with E-state index in [0.717, 1.165) is 5.56 Å². The van der Waals surface area contributed by atoms with Crippen LogP contribution in [0, 0.1) is 5.92 Å². The Balaban J connectivity index is 2.29. The Kier molecular flexibility index (Phi) is 3.20. The molecule has 0 fully saturated rings. The third kappa shape index (κ3) is 2.43. The summed E-state index contributed by atoms with van der Waals surface area (Å²) in [6.07, 6.45) is 0.00110. The van der Waals surface area contributed by atoms with E-state index in [1.165, 1.54) is 0 Å². The van der Waals surface area contributed by atoms with Crippen LogP contribution in [-0.2, 0) is 4.79 Å². The molecule has 6 heteroatoms. The van der Waals surface area contributed by atoms with Gasteiger partial charge >= 0.3 is 11.7 Å². The van der Waals surface area contributed by atoms with Crippen LogP contribution < -0.4 is 11.5 Å². The third-order valence-electron chi connectivity index (χ3n) is 2.94. The van der Waals surface area contributed by atoms with Crippen LogP contribution in [0.15, 0.2) is 27.4 Å². The first-order chi connectivity index (χ1) is 8.47. The Morgan fingerprint density at radius 2 is 2.28 bits per heavy atom. The minimum Gasteiger partial charge on any atom is -0.481 e. The zero-order chi connectivity index (χ0) is 13.3. The van der Waals surface area contributed by atoms with E-state index in [0.29, 0.717) is 11.1 Å². The lowest BCUT2D eigenvalue weighted by Crippen LogP contribution is -2.21. The normalized spacial score (nSPS) is 14.6. The second-order valence-electron chi connectivity index (χ2n) is 4.37. The van der Waals surface area contributed by atoms with Gasteiger partial charge in [-0.25, -0.2) is 4.79 Å². The molecule has 0 saturated heterocycles. The number of aromatic amines is 1. The lowest BCUT2D eigenvalue weighted by atomic mass is 9.92. The summed E-state index contributed by atoms with van der Waals surface area (Å²) in [5.74, 6) is -1.59. The molecule has 0 saturated carbocycles. The van der Waals surface area contributed by atoms with Crippen LogP contribution in [0.4, 0.5) is 0 Å².